The highest BCUT2D eigenvalue weighted by Gasteiger charge is 2.46. The van der Waals surface area contributed by atoms with Gasteiger partial charge >= 0.3 is 0 Å². The van der Waals surface area contributed by atoms with E-state index in [4.69, 9.17) is 4.74 Å². The number of carbonyl (C=O) groups excluding carboxylic acids is 2. The number of Topliss-reactive ketones (excluding diaryl/α,β-unsaturated/α-hetero) is 1. The Hall–Kier alpha value is -4.00. The van der Waals surface area contributed by atoms with Gasteiger partial charge in [-0.05, 0) is 41.5 Å². The molecule has 1 saturated heterocycles. The normalized spacial score (nSPS) is 17.9. The number of amides is 1. The molecule has 1 amide bonds. The van der Waals surface area contributed by atoms with Crippen molar-refractivity contribution in [2.45, 2.75) is 12.6 Å². The Labute approximate surface area is 173 Å². The average molecular weight is 401 g/mol. The molecule has 3 heterocycles. The van der Waals surface area contributed by atoms with Crippen LogP contribution in [-0.2, 0) is 16.1 Å². The number of aliphatic hydroxyl groups is 1. The molecule has 0 radical (unpaired) electrons. The van der Waals surface area contributed by atoms with Crippen LogP contribution in [0.5, 0.6) is 5.75 Å². The van der Waals surface area contributed by atoms with E-state index in [9.17, 15) is 14.7 Å². The Morgan fingerprint density at radius 3 is 2.57 bits per heavy atom. The molecule has 1 fully saturated rings. The topological polar surface area (TPSA) is 92.6 Å². The Balaban J connectivity index is 1.85. The third kappa shape index (κ3) is 3.53. The first-order valence-corrected chi connectivity index (χ1v) is 9.32. The highest BCUT2D eigenvalue weighted by atomic mass is 16.5. The molecule has 4 rings (SSSR count). The van der Waals surface area contributed by atoms with Gasteiger partial charge in [-0.15, -0.1) is 0 Å². The zero-order valence-electron chi connectivity index (χ0n) is 16.2. The zero-order valence-corrected chi connectivity index (χ0v) is 16.2. The minimum Gasteiger partial charge on any atom is -0.507 e. The SMILES string of the molecule is COc1cccc(/C(O)=C2\C(=O)C(=O)N(Cc3cccnc3)[C@@H]2c2ccncc2)c1. The van der Waals surface area contributed by atoms with Crippen LogP contribution >= 0.6 is 0 Å². The Morgan fingerprint density at radius 1 is 1.07 bits per heavy atom. The third-order valence-corrected chi connectivity index (χ3v) is 4.98. The van der Waals surface area contributed by atoms with Crippen molar-refractivity contribution in [2.75, 3.05) is 7.11 Å². The maximum atomic E-state index is 13.0. The lowest BCUT2D eigenvalue weighted by Gasteiger charge is -2.25. The average Bonchev–Trinajstić information content (AvgIpc) is 3.05. The van der Waals surface area contributed by atoms with Gasteiger partial charge in [0.1, 0.15) is 11.5 Å². The highest BCUT2D eigenvalue weighted by molar-refractivity contribution is 6.46. The van der Waals surface area contributed by atoms with E-state index in [2.05, 4.69) is 9.97 Å². The van der Waals surface area contributed by atoms with Crippen LogP contribution in [0.2, 0.25) is 0 Å². The molecule has 7 nitrogen and oxygen atoms in total. The lowest BCUT2D eigenvalue weighted by molar-refractivity contribution is -0.140. The second-order valence-corrected chi connectivity index (χ2v) is 6.80. The first-order valence-electron chi connectivity index (χ1n) is 9.32. The number of hydrogen-bond acceptors (Lipinski definition) is 6. The van der Waals surface area contributed by atoms with E-state index in [0.717, 1.165) is 5.56 Å². The van der Waals surface area contributed by atoms with Gasteiger partial charge in [-0.1, -0.05) is 18.2 Å². The molecule has 7 heteroatoms. The summed E-state index contributed by atoms with van der Waals surface area (Å²) in [5.74, 6) is -1.13. The summed E-state index contributed by atoms with van der Waals surface area (Å²) in [6.07, 6.45) is 6.46. The summed E-state index contributed by atoms with van der Waals surface area (Å²) in [6.45, 7) is 0.181. The number of rotatable bonds is 5. The number of ether oxygens (including phenoxy) is 1. The number of aromatic nitrogens is 2. The number of hydrogen-bond donors (Lipinski definition) is 1. The van der Waals surface area contributed by atoms with Crippen molar-refractivity contribution in [3.8, 4) is 5.75 Å². The summed E-state index contributed by atoms with van der Waals surface area (Å²) in [4.78, 5) is 35.5. The quantitative estimate of drug-likeness (QED) is 0.401. The summed E-state index contributed by atoms with van der Waals surface area (Å²) in [6, 6.07) is 13.0. The Bertz CT molecular complexity index is 1110. The van der Waals surface area contributed by atoms with Crippen LogP contribution in [0, 0.1) is 0 Å². The first kappa shape index (κ1) is 19.3. The number of benzene rings is 1. The van der Waals surface area contributed by atoms with Gasteiger partial charge in [-0.3, -0.25) is 19.6 Å². The number of nitrogens with zero attached hydrogens (tertiary/aromatic N) is 3. The molecule has 3 aromatic rings. The Kier molecular flexibility index (Phi) is 5.26. The fourth-order valence-corrected chi connectivity index (χ4v) is 3.55. The molecule has 1 atom stereocenters. The fraction of sp³-hybridized carbons (Fsp3) is 0.130. The van der Waals surface area contributed by atoms with Gasteiger partial charge in [0.05, 0.1) is 18.7 Å². The molecule has 0 saturated carbocycles. The number of aliphatic hydroxyl groups excluding tert-OH is 1. The van der Waals surface area contributed by atoms with Crippen LogP contribution in [0.15, 0.2) is 78.9 Å². The summed E-state index contributed by atoms with van der Waals surface area (Å²) < 4.78 is 5.22. The van der Waals surface area contributed by atoms with Gasteiger partial charge in [0.25, 0.3) is 11.7 Å². The van der Waals surface area contributed by atoms with Crippen LogP contribution < -0.4 is 4.74 Å². The highest BCUT2D eigenvalue weighted by Crippen LogP contribution is 2.40. The van der Waals surface area contributed by atoms with Crippen LogP contribution in [-0.4, -0.2) is 38.8 Å². The van der Waals surface area contributed by atoms with Gasteiger partial charge in [0.2, 0.25) is 0 Å². The van der Waals surface area contributed by atoms with Crippen molar-refractivity contribution >= 4 is 17.4 Å². The van der Waals surface area contributed by atoms with Crippen LogP contribution in [0.25, 0.3) is 5.76 Å². The lowest BCUT2D eigenvalue weighted by atomic mass is 9.96. The van der Waals surface area contributed by atoms with Gasteiger partial charge < -0.3 is 14.7 Å². The summed E-state index contributed by atoms with van der Waals surface area (Å²) >= 11 is 0. The van der Waals surface area contributed by atoms with Crippen LogP contribution in [0.4, 0.5) is 0 Å². The number of likely N-dealkylation sites (tertiary alicyclic amines) is 1. The molecule has 150 valence electrons. The van der Waals surface area contributed by atoms with Crippen molar-refractivity contribution < 1.29 is 19.4 Å². The van der Waals surface area contributed by atoms with E-state index in [1.165, 1.54) is 12.0 Å². The monoisotopic (exact) mass is 401 g/mol. The van der Waals surface area contributed by atoms with E-state index in [1.807, 2.05) is 6.07 Å². The van der Waals surface area contributed by atoms with Crippen molar-refractivity contribution in [3.05, 3.63) is 95.6 Å². The van der Waals surface area contributed by atoms with E-state index in [-0.39, 0.29) is 17.9 Å². The number of carbonyl (C=O) groups is 2. The number of ketones is 1. The smallest absolute Gasteiger partial charge is 0.295 e. The molecular formula is C23H19N3O4. The second-order valence-electron chi connectivity index (χ2n) is 6.80. The predicted octanol–water partition coefficient (Wildman–Crippen LogP) is 3.11. The number of pyridine rings is 2. The molecule has 0 aliphatic carbocycles. The Morgan fingerprint density at radius 2 is 1.87 bits per heavy atom. The summed E-state index contributed by atoms with van der Waals surface area (Å²) in [5, 5.41) is 11.0. The molecule has 30 heavy (non-hydrogen) atoms. The van der Waals surface area contributed by atoms with Crippen molar-refractivity contribution in [1.29, 1.82) is 0 Å². The predicted molar refractivity (Wildman–Crippen MR) is 109 cm³/mol. The molecule has 0 bridgehead atoms. The van der Waals surface area contributed by atoms with Gasteiger partial charge in [-0.2, -0.15) is 0 Å². The van der Waals surface area contributed by atoms with Crippen molar-refractivity contribution in [2.24, 2.45) is 0 Å². The minimum absolute atomic E-state index is 0.0309. The largest absolute Gasteiger partial charge is 0.507 e. The second kappa shape index (κ2) is 8.16. The van der Waals surface area contributed by atoms with Crippen LogP contribution in [0.1, 0.15) is 22.7 Å². The van der Waals surface area contributed by atoms with E-state index in [1.54, 1.807) is 67.3 Å². The molecule has 1 N–H and O–H groups in total. The molecular weight excluding hydrogens is 382 g/mol. The van der Waals surface area contributed by atoms with Crippen molar-refractivity contribution in [3.63, 3.8) is 0 Å². The summed E-state index contributed by atoms with van der Waals surface area (Å²) in [5.41, 5.74) is 1.88. The fourth-order valence-electron chi connectivity index (χ4n) is 3.55. The molecule has 1 aromatic carbocycles. The third-order valence-electron chi connectivity index (χ3n) is 4.98. The van der Waals surface area contributed by atoms with Crippen molar-refractivity contribution in [1.82, 2.24) is 14.9 Å². The van der Waals surface area contributed by atoms with E-state index < -0.39 is 17.7 Å². The van der Waals surface area contributed by atoms with Gasteiger partial charge in [-0.25, -0.2) is 0 Å². The molecule has 0 unspecified atom stereocenters. The van der Waals surface area contributed by atoms with Crippen LogP contribution in [0.3, 0.4) is 0 Å². The van der Waals surface area contributed by atoms with Gasteiger partial charge in [0, 0.05) is 36.9 Å². The first-order chi connectivity index (χ1) is 14.6. The molecule has 1 aliphatic heterocycles. The molecule has 2 aromatic heterocycles. The maximum Gasteiger partial charge on any atom is 0.295 e. The molecule has 1 aliphatic rings. The lowest BCUT2D eigenvalue weighted by Crippen LogP contribution is -2.29. The number of methoxy groups -OCH3 is 1. The zero-order chi connectivity index (χ0) is 21.1. The summed E-state index contributed by atoms with van der Waals surface area (Å²) in [7, 11) is 1.52. The molecule has 0 spiro atoms. The van der Waals surface area contributed by atoms with E-state index in [0.29, 0.717) is 16.9 Å². The standard InChI is InChI=1S/C23H19N3O4/c1-30-18-6-2-5-17(12-18)21(27)19-20(16-7-10-24-11-8-16)26(23(29)22(19)28)14-15-4-3-9-25-13-15/h2-13,20,27H,14H2,1H3/b21-19+/t20-/m1/s1. The van der Waals surface area contributed by atoms with Gasteiger partial charge in [0.15, 0.2) is 0 Å². The minimum atomic E-state index is -0.751. The van der Waals surface area contributed by atoms with E-state index >= 15 is 0 Å². The maximum absolute atomic E-state index is 13.0.